The Bertz CT molecular complexity index is 1140. The highest BCUT2D eigenvalue weighted by atomic mass is 16.2. The van der Waals surface area contributed by atoms with E-state index in [1.54, 1.807) is 6.20 Å². The summed E-state index contributed by atoms with van der Waals surface area (Å²) in [7, 11) is 0. The van der Waals surface area contributed by atoms with Crippen LogP contribution in [0.2, 0.25) is 0 Å². The highest BCUT2D eigenvalue weighted by molar-refractivity contribution is 5.89. The van der Waals surface area contributed by atoms with Crippen LogP contribution in [0.4, 0.5) is 5.69 Å². The maximum atomic E-state index is 13.3. The Labute approximate surface area is 207 Å². The molecule has 4 N–H and O–H groups in total. The normalized spacial score (nSPS) is 18.5. The number of rotatable bonds is 8. The van der Waals surface area contributed by atoms with Gasteiger partial charge in [-0.3, -0.25) is 14.6 Å². The Hall–Kier alpha value is -3.51. The van der Waals surface area contributed by atoms with Gasteiger partial charge in [0.1, 0.15) is 0 Å². The van der Waals surface area contributed by atoms with E-state index in [1.165, 1.54) is 6.92 Å². The van der Waals surface area contributed by atoms with E-state index in [2.05, 4.69) is 27.8 Å². The van der Waals surface area contributed by atoms with Crippen LogP contribution in [0.3, 0.4) is 0 Å². The molecule has 1 aromatic heterocycles. The summed E-state index contributed by atoms with van der Waals surface area (Å²) in [5.41, 5.74) is 10.5. The number of nitrogens with two attached hydrogens (primary N) is 1. The molecule has 0 bridgehead atoms. The van der Waals surface area contributed by atoms with Crippen LogP contribution >= 0.6 is 0 Å². The molecule has 6 heteroatoms. The van der Waals surface area contributed by atoms with E-state index >= 15 is 0 Å². The molecule has 1 atom stereocenters. The number of hydrogen-bond donors (Lipinski definition) is 3. The number of anilines is 1. The van der Waals surface area contributed by atoms with Crippen LogP contribution in [0.25, 0.3) is 11.1 Å². The summed E-state index contributed by atoms with van der Waals surface area (Å²) >= 11 is 0. The average Bonchev–Trinajstić information content (AvgIpc) is 2.89. The molecule has 3 aromatic rings. The van der Waals surface area contributed by atoms with Crippen molar-refractivity contribution in [2.75, 3.05) is 11.9 Å². The van der Waals surface area contributed by atoms with Gasteiger partial charge >= 0.3 is 0 Å². The lowest BCUT2D eigenvalue weighted by Crippen LogP contribution is -2.37. The molecule has 4 rings (SSSR count). The standard InChI is InChI=1S/C29H34N4O2/c1-20(34)32-26-9-5-8-24(17-26)25-14-15-31-27(18-25)28(16-21-6-3-2-4-7-21)33-29(35)23-12-10-22(19-30)11-13-23/h2-9,14-15,17-18,22-23,28H,10-13,16,19,30H2,1H3,(H,32,34)(H,33,35). The molecule has 0 spiro atoms. The first-order valence-corrected chi connectivity index (χ1v) is 12.4. The largest absolute Gasteiger partial charge is 0.347 e. The summed E-state index contributed by atoms with van der Waals surface area (Å²) < 4.78 is 0. The van der Waals surface area contributed by atoms with Gasteiger partial charge in [-0.05, 0) is 85.5 Å². The van der Waals surface area contributed by atoms with Gasteiger partial charge in [-0.25, -0.2) is 0 Å². The van der Waals surface area contributed by atoms with Gasteiger partial charge in [0.2, 0.25) is 11.8 Å². The molecule has 1 unspecified atom stereocenters. The van der Waals surface area contributed by atoms with E-state index in [9.17, 15) is 9.59 Å². The van der Waals surface area contributed by atoms with Gasteiger partial charge in [0.15, 0.2) is 0 Å². The van der Waals surface area contributed by atoms with Crippen molar-refractivity contribution in [3.05, 3.63) is 84.2 Å². The van der Waals surface area contributed by atoms with E-state index < -0.39 is 0 Å². The Morgan fingerprint density at radius 3 is 2.43 bits per heavy atom. The van der Waals surface area contributed by atoms with Crippen LogP contribution in [-0.2, 0) is 16.0 Å². The Balaban J connectivity index is 1.57. The zero-order valence-electron chi connectivity index (χ0n) is 20.2. The van der Waals surface area contributed by atoms with Crippen LogP contribution in [-0.4, -0.2) is 23.3 Å². The van der Waals surface area contributed by atoms with Gasteiger partial charge in [0.25, 0.3) is 0 Å². The van der Waals surface area contributed by atoms with E-state index in [1.807, 2.05) is 54.6 Å². The summed E-state index contributed by atoms with van der Waals surface area (Å²) in [6, 6.07) is 21.7. The van der Waals surface area contributed by atoms with Crippen molar-refractivity contribution in [2.24, 2.45) is 17.6 Å². The molecule has 2 amide bonds. The molecule has 6 nitrogen and oxygen atoms in total. The van der Waals surface area contributed by atoms with Crippen LogP contribution in [0, 0.1) is 11.8 Å². The second kappa shape index (κ2) is 11.8. The third-order valence-corrected chi connectivity index (χ3v) is 6.80. The summed E-state index contributed by atoms with van der Waals surface area (Å²) in [4.78, 5) is 29.4. The van der Waals surface area contributed by atoms with Gasteiger partial charge < -0.3 is 16.4 Å². The van der Waals surface area contributed by atoms with Crippen molar-refractivity contribution in [1.82, 2.24) is 10.3 Å². The minimum atomic E-state index is -0.240. The minimum absolute atomic E-state index is 0.0218. The molecule has 1 fully saturated rings. The Morgan fingerprint density at radius 2 is 1.71 bits per heavy atom. The fourth-order valence-corrected chi connectivity index (χ4v) is 4.83. The number of carbonyl (C=O) groups is 2. The van der Waals surface area contributed by atoms with Gasteiger partial charge in [-0.2, -0.15) is 0 Å². The van der Waals surface area contributed by atoms with E-state index in [4.69, 9.17) is 5.73 Å². The molecule has 1 saturated carbocycles. The van der Waals surface area contributed by atoms with E-state index in [0.717, 1.165) is 53.8 Å². The molecule has 0 aliphatic heterocycles. The first-order valence-electron chi connectivity index (χ1n) is 12.4. The van der Waals surface area contributed by atoms with Crippen molar-refractivity contribution in [2.45, 2.75) is 45.1 Å². The number of pyridine rings is 1. The van der Waals surface area contributed by atoms with Crippen molar-refractivity contribution in [3.8, 4) is 11.1 Å². The van der Waals surface area contributed by atoms with E-state index in [-0.39, 0.29) is 23.8 Å². The fourth-order valence-electron chi connectivity index (χ4n) is 4.83. The van der Waals surface area contributed by atoms with Crippen molar-refractivity contribution in [1.29, 1.82) is 0 Å². The highest BCUT2D eigenvalue weighted by Crippen LogP contribution is 2.30. The zero-order chi connectivity index (χ0) is 24.6. The van der Waals surface area contributed by atoms with Gasteiger partial charge in [-0.15, -0.1) is 0 Å². The Kier molecular flexibility index (Phi) is 8.27. The SMILES string of the molecule is CC(=O)Nc1cccc(-c2ccnc(C(Cc3ccccc3)NC(=O)C3CCC(CN)CC3)c2)c1. The lowest BCUT2D eigenvalue weighted by atomic mass is 9.81. The van der Waals surface area contributed by atoms with Crippen LogP contribution in [0.15, 0.2) is 72.9 Å². The molecule has 1 aliphatic rings. The third-order valence-electron chi connectivity index (χ3n) is 6.80. The number of carbonyl (C=O) groups excluding carboxylic acids is 2. The smallest absolute Gasteiger partial charge is 0.223 e. The molecule has 2 aromatic carbocycles. The average molecular weight is 471 g/mol. The summed E-state index contributed by atoms with van der Waals surface area (Å²) in [5, 5.41) is 6.15. The zero-order valence-corrected chi connectivity index (χ0v) is 20.2. The summed E-state index contributed by atoms with van der Waals surface area (Å²) in [6.45, 7) is 2.20. The van der Waals surface area contributed by atoms with Crippen molar-refractivity contribution < 1.29 is 9.59 Å². The predicted molar refractivity (Wildman–Crippen MR) is 140 cm³/mol. The molecular weight excluding hydrogens is 436 g/mol. The molecule has 1 aliphatic carbocycles. The topological polar surface area (TPSA) is 97.1 Å². The van der Waals surface area contributed by atoms with Crippen molar-refractivity contribution >= 4 is 17.5 Å². The van der Waals surface area contributed by atoms with Crippen LogP contribution in [0.5, 0.6) is 0 Å². The van der Waals surface area contributed by atoms with Crippen LogP contribution < -0.4 is 16.4 Å². The quantitative estimate of drug-likeness (QED) is 0.437. The number of nitrogens with zero attached hydrogens (tertiary/aromatic N) is 1. The molecular formula is C29H34N4O2. The Morgan fingerprint density at radius 1 is 0.971 bits per heavy atom. The molecule has 0 radical (unpaired) electrons. The van der Waals surface area contributed by atoms with Gasteiger partial charge in [-0.1, -0.05) is 42.5 Å². The fraction of sp³-hybridized carbons (Fsp3) is 0.345. The molecule has 35 heavy (non-hydrogen) atoms. The van der Waals surface area contributed by atoms with E-state index in [0.29, 0.717) is 18.9 Å². The first-order chi connectivity index (χ1) is 17.0. The summed E-state index contributed by atoms with van der Waals surface area (Å²) in [5.74, 6) is 0.546. The van der Waals surface area contributed by atoms with Gasteiger partial charge in [0.05, 0.1) is 11.7 Å². The minimum Gasteiger partial charge on any atom is -0.347 e. The third kappa shape index (κ3) is 6.76. The molecule has 1 heterocycles. The summed E-state index contributed by atoms with van der Waals surface area (Å²) in [6.07, 6.45) is 6.23. The van der Waals surface area contributed by atoms with Crippen LogP contribution in [0.1, 0.15) is 49.9 Å². The second-order valence-corrected chi connectivity index (χ2v) is 9.44. The number of nitrogens with one attached hydrogen (secondary N) is 2. The maximum Gasteiger partial charge on any atom is 0.223 e. The maximum absolute atomic E-state index is 13.3. The number of benzene rings is 2. The lowest BCUT2D eigenvalue weighted by molar-refractivity contribution is -0.127. The number of hydrogen-bond acceptors (Lipinski definition) is 4. The monoisotopic (exact) mass is 470 g/mol. The van der Waals surface area contributed by atoms with Crippen molar-refractivity contribution in [3.63, 3.8) is 0 Å². The van der Waals surface area contributed by atoms with Gasteiger partial charge in [0, 0.05) is 24.7 Å². The second-order valence-electron chi connectivity index (χ2n) is 9.44. The number of amides is 2. The molecule has 0 saturated heterocycles. The predicted octanol–water partition coefficient (Wildman–Crippen LogP) is 4.87. The highest BCUT2D eigenvalue weighted by Gasteiger charge is 2.28. The number of aromatic nitrogens is 1. The molecule has 182 valence electrons. The first kappa shape index (κ1) is 24.6. The lowest BCUT2D eigenvalue weighted by Gasteiger charge is -2.28.